The zero-order valence-electron chi connectivity index (χ0n) is 11.6. The van der Waals surface area contributed by atoms with E-state index in [4.69, 9.17) is 11.6 Å². The van der Waals surface area contributed by atoms with Gasteiger partial charge in [0.25, 0.3) is 0 Å². The minimum Gasteiger partial charge on any atom is -0.508 e. The average Bonchev–Trinajstić information content (AvgIpc) is 2.48. The van der Waals surface area contributed by atoms with E-state index in [9.17, 15) is 9.90 Å². The second-order valence-corrected chi connectivity index (χ2v) is 5.76. The maximum atomic E-state index is 12.4. The van der Waals surface area contributed by atoms with E-state index in [1.807, 2.05) is 23.1 Å². The van der Waals surface area contributed by atoms with E-state index < -0.39 is 0 Å². The van der Waals surface area contributed by atoms with Gasteiger partial charge in [0.15, 0.2) is 0 Å². The lowest BCUT2D eigenvalue weighted by Crippen LogP contribution is -2.36. The molecule has 0 aromatic heterocycles. The molecule has 2 aromatic carbocycles. The maximum Gasteiger partial charge on any atom is 0.227 e. The van der Waals surface area contributed by atoms with Gasteiger partial charge >= 0.3 is 0 Å². The van der Waals surface area contributed by atoms with Crippen molar-refractivity contribution in [1.82, 2.24) is 4.90 Å². The van der Waals surface area contributed by atoms with E-state index in [1.54, 1.807) is 24.3 Å². The molecule has 1 heterocycles. The highest BCUT2D eigenvalue weighted by atomic mass is 35.5. The van der Waals surface area contributed by atoms with Gasteiger partial charge in [0.05, 0.1) is 6.42 Å². The van der Waals surface area contributed by atoms with Crippen molar-refractivity contribution in [2.24, 2.45) is 0 Å². The Kier molecular flexibility index (Phi) is 3.84. The van der Waals surface area contributed by atoms with Crippen LogP contribution in [-0.2, 0) is 24.2 Å². The standard InChI is InChI=1S/C17H16ClNO2/c18-15-4-1-12(2-5-15)9-17(21)19-8-7-13-3-6-16(20)10-14(13)11-19/h1-6,10,20H,7-9,11H2. The number of phenols is 1. The summed E-state index contributed by atoms with van der Waals surface area (Å²) in [7, 11) is 0. The molecule has 1 aliphatic heterocycles. The first kappa shape index (κ1) is 14.0. The number of aromatic hydroxyl groups is 1. The monoisotopic (exact) mass is 301 g/mol. The topological polar surface area (TPSA) is 40.5 Å². The van der Waals surface area contributed by atoms with Crippen molar-refractivity contribution in [3.8, 4) is 5.75 Å². The smallest absolute Gasteiger partial charge is 0.227 e. The van der Waals surface area contributed by atoms with Crippen LogP contribution < -0.4 is 0 Å². The van der Waals surface area contributed by atoms with E-state index in [1.165, 1.54) is 5.56 Å². The van der Waals surface area contributed by atoms with Crippen molar-refractivity contribution in [2.75, 3.05) is 6.54 Å². The molecule has 0 saturated heterocycles. The number of carbonyl (C=O) groups is 1. The number of hydrogen-bond donors (Lipinski definition) is 1. The van der Waals surface area contributed by atoms with Crippen LogP contribution in [0.5, 0.6) is 5.75 Å². The van der Waals surface area contributed by atoms with Gasteiger partial charge in [0, 0.05) is 18.1 Å². The summed E-state index contributed by atoms with van der Waals surface area (Å²) >= 11 is 5.85. The number of benzene rings is 2. The zero-order valence-corrected chi connectivity index (χ0v) is 12.3. The number of phenolic OH excluding ortho intramolecular Hbond substituents is 1. The van der Waals surface area contributed by atoms with Gasteiger partial charge in [-0.25, -0.2) is 0 Å². The third kappa shape index (κ3) is 3.19. The number of carbonyl (C=O) groups excluding carboxylic acids is 1. The Morgan fingerprint density at radius 3 is 2.67 bits per heavy atom. The van der Waals surface area contributed by atoms with Crippen LogP contribution in [0.3, 0.4) is 0 Å². The van der Waals surface area contributed by atoms with Gasteiger partial charge in [0.1, 0.15) is 5.75 Å². The molecule has 0 aliphatic carbocycles. The molecule has 21 heavy (non-hydrogen) atoms. The Bertz CT molecular complexity index is 667. The molecule has 1 aliphatic rings. The fourth-order valence-electron chi connectivity index (χ4n) is 2.65. The highest BCUT2D eigenvalue weighted by Crippen LogP contribution is 2.23. The third-order valence-corrected chi connectivity index (χ3v) is 4.08. The number of amides is 1. The van der Waals surface area contributed by atoms with Crippen molar-refractivity contribution in [3.05, 3.63) is 64.2 Å². The quantitative estimate of drug-likeness (QED) is 0.925. The summed E-state index contributed by atoms with van der Waals surface area (Å²) in [5, 5.41) is 10.2. The Morgan fingerprint density at radius 1 is 1.14 bits per heavy atom. The molecule has 0 spiro atoms. The van der Waals surface area contributed by atoms with Gasteiger partial charge in [-0.15, -0.1) is 0 Å². The van der Waals surface area contributed by atoms with Crippen LogP contribution in [0.25, 0.3) is 0 Å². The molecule has 0 atom stereocenters. The first-order valence-electron chi connectivity index (χ1n) is 6.95. The van der Waals surface area contributed by atoms with Crippen molar-refractivity contribution >= 4 is 17.5 Å². The second-order valence-electron chi connectivity index (χ2n) is 5.32. The first-order chi connectivity index (χ1) is 10.1. The molecule has 1 N–H and O–H groups in total. The molecule has 0 fully saturated rings. The Hall–Kier alpha value is -2.00. The highest BCUT2D eigenvalue weighted by molar-refractivity contribution is 6.30. The van der Waals surface area contributed by atoms with Crippen LogP contribution in [-0.4, -0.2) is 22.5 Å². The molecular formula is C17H16ClNO2. The number of hydrogen-bond acceptors (Lipinski definition) is 2. The lowest BCUT2D eigenvalue weighted by Gasteiger charge is -2.29. The molecule has 3 rings (SSSR count). The summed E-state index contributed by atoms with van der Waals surface area (Å²) in [5.74, 6) is 0.354. The molecule has 2 aromatic rings. The summed E-state index contributed by atoms with van der Waals surface area (Å²) in [5.41, 5.74) is 3.21. The third-order valence-electron chi connectivity index (χ3n) is 3.82. The summed E-state index contributed by atoms with van der Waals surface area (Å²) in [6.07, 6.45) is 1.22. The van der Waals surface area contributed by atoms with Crippen molar-refractivity contribution in [1.29, 1.82) is 0 Å². The van der Waals surface area contributed by atoms with Gasteiger partial charge in [-0.3, -0.25) is 4.79 Å². The zero-order chi connectivity index (χ0) is 14.8. The van der Waals surface area contributed by atoms with Crippen molar-refractivity contribution in [2.45, 2.75) is 19.4 Å². The number of rotatable bonds is 2. The maximum absolute atomic E-state index is 12.4. The van der Waals surface area contributed by atoms with E-state index in [-0.39, 0.29) is 11.7 Å². The van der Waals surface area contributed by atoms with Gasteiger partial charge in [-0.2, -0.15) is 0 Å². The van der Waals surface area contributed by atoms with Crippen LogP contribution in [0.15, 0.2) is 42.5 Å². The average molecular weight is 302 g/mol. The molecule has 0 unspecified atom stereocenters. The van der Waals surface area contributed by atoms with Crippen molar-refractivity contribution < 1.29 is 9.90 Å². The summed E-state index contributed by atoms with van der Waals surface area (Å²) in [6.45, 7) is 1.29. The van der Waals surface area contributed by atoms with E-state index in [0.29, 0.717) is 18.0 Å². The fourth-order valence-corrected chi connectivity index (χ4v) is 2.77. The van der Waals surface area contributed by atoms with Gasteiger partial charge in [-0.1, -0.05) is 29.8 Å². The predicted octanol–water partition coefficient (Wildman–Crippen LogP) is 3.17. The Labute approximate surface area is 128 Å². The minimum absolute atomic E-state index is 0.103. The molecule has 3 nitrogen and oxygen atoms in total. The molecule has 0 radical (unpaired) electrons. The van der Waals surface area contributed by atoms with Crippen LogP contribution in [0.1, 0.15) is 16.7 Å². The lowest BCUT2D eigenvalue weighted by atomic mass is 9.99. The lowest BCUT2D eigenvalue weighted by molar-refractivity contribution is -0.131. The number of nitrogens with zero attached hydrogens (tertiary/aromatic N) is 1. The van der Waals surface area contributed by atoms with Crippen molar-refractivity contribution in [3.63, 3.8) is 0 Å². The molecule has 0 bridgehead atoms. The highest BCUT2D eigenvalue weighted by Gasteiger charge is 2.20. The van der Waals surface area contributed by atoms with Crippen LogP contribution in [0.4, 0.5) is 0 Å². The van der Waals surface area contributed by atoms with Crippen LogP contribution >= 0.6 is 11.6 Å². The largest absolute Gasteiger partial charge is 0.508 e. The van der Waals surface area contributed by atoms with E-state index >= 15 is 0 Å². The van der Waals surface area contributed by atoms with Gasteiger partial charge in [0.2, 0.25) is 5.91 Å². The summed E-state index contributed by atoms with van der Waals surface area (Å²) in [4.78, 5) is 14.2. The normalized spacial score (nSPS) is 13.9. The van der Waals surface area contributed by atoms with E-state index in [2.05, 4.69) is 0 Å². The molecule has 0 saturated carbocycles. The van der Waals surface area contributed by atoms with Gasteiger partial charge < -0.3 is 10.0 Å². The fraction of sp³-hybridized carbons (Fsp3) is 0.235. The van der Waals surface area contributed by atoms with E-state index in [0.717, 1.165) is 24.1 Å². The molecular weight excluding hydrogens is 286 g/mol. The first-order valence-corrected chi connectivity index (χ1v) is 7.32. The van der Waals surface area contributed by atoms with Crippen LogP contribution in [0, 0.1) is 0 Å². The van der Waals surface area contributed by atoms with Gasteiger partial charge in [-0.05, 0) is 47.4 Å². The minimum atomic E-state index is 0.103. The second kappa shape index (κ2) is 5.78. The van der Waals surface area contributed by atoms with Crippen LogP contribution in [0.2, 0.25) is 5.02 Å². The Morgan fingerprint density at radius 2 is 1.90 bits per heavy atom. The predicted molar refractivity (Wildman–Crippen MR) is 82.4 cm³/mol. The molecule has 108 valence electrons. The number of halogens is 1. The molecule has 4 heteroatoms. The summed E-state index contributed by atoms with van der Waals surface area (Å²) < 4.78 is 0. The Balaban J connectivity index is 1.70. The summed E-state index contributed by atoms with van der Waals surface area (Å²) in [6, 6.07) is 12.7. The number of fused-ring (bicyclic) bond motifs is 1. The SMILES string of the molecule is O=C(Cc1ccc(Cl)cc1)N1CCc2ccc(O)cc2C1. The molecule has 1 amide bonds.